The van der Waals surface area contributed by atoms with Crippen LogP contribution in [0.3, 0.4) is 0 Å². The fourth-order valence-electron chi connectivity index (χ4n) is 4.35. The van der Waals surface area contributed by atoms with Gasteiger partial charge in [-0.05, 0) is 74.6 Å². The molecule has 0 bridgehead atoms. The van der Waals surface area contributed by atoms with Crippen molar-refractivity contribution in [2.45, 2.75) is 57.6 Å². The number of amides is 1. The van der Waals surface area contributed by atoms with Crippen molar-refractivity contribution < 1.29 is 13.9 Å². The van der Waals surface area contributed by atoms with Gasteiger partial charge in [-0.25, -0.2) is 0 Å². The third-order valence-corrected chi connectivity index (χ3v) is 6.72. The molecule has 154 valence electrons. The molecular weight excluding hydrogens is 392 g/mol. The first-order valence-electron chi connectivity index (χ1n) is 10.4. The number of benzene rings is 1. The molecule has 2 fully saturated rings. The zero-order chi connectivity index (χ0) is 20.0. The van der Waals surface area contributed by atoms with E-state index in [0.29, 0.717) is 16.3 Å². The number of nitrogens with zero attached hydrogens (tertiary/aromatic N) is 3. The molecule has 1 spiro atoms. The van der Waals surface area contributed by atoms with E-state index in [0.717, 1.165) is 50.1 Å². The van der Waals surface area contributed by atoms with Crippen molar-refractivity contribution in [3.63, 3.8) is 0 Å². The molecule has 2 aliphatic heterocycles. The van der Waals surface area contributed by atoms with Gasteiger partial charge in [0.25, 0.3) is 5.89 Å². The van der Waals surface area contributed by atoms with Crippen LogP contribution in [-0.4, -0.2) is 40.1 Å². The quantitative estimate of drug-likeness (QED) is 0.811. The predicted molar refractivity (Wildman–Crippen MR) is 108 cm³/mol. The van der Waals surface area contributed by atoms with E-state index in [-0.39, 0.29) is 18.0 Å². The summed E-state index contributed by atoms with van der Waals surface area (Å²) in [6, 6.07) is 5.44. The number of fused-ring (bicyclic) bond motifs is 1. The Morgan fingerprint density at radius 1 is 1.28 bits per heavy atom. The molecule has 8 heteroatoms. The topological polar surface area (TPSA) is 80.5 Å². The van der Waals surface area contributed by atoms with Crippen LogP contribution in [0.2, 0.25) is 5.02 Å². The Hall–Kier alpha value is -2.28. The van der Waals surface area contributed by atoms with Gasteiger partial charge in [-0.3, -0.25) is 4.79 Å². The molecule has 0 radical (unpaired) electrons. The van der Waals surface area contributed by atoms with Crippen LogP contribution in [0.5, 0.6) is 5.75 Å². The van der Waals surface area contributed by atoms with Crippen molar-refractivity contribution in [1.82, 2.24) is 15.1 Å². The molecule has 1 saturated carbocycles. The molecule has 2 aromatic rings. The van der Waals surface area contributed by atoms with Gasteiger partial charge in [-0.1, -0.05) is 16.7 Å². The molecule has 1 amide bonds. The van der Waals surface area contributed by atoms with Gasteiger partial charge < -0.3 is 19.4 Å². The summed E-state index contributed by atoms with van der Waals surface area (Å²) < 4.78 is 11.8. The van der Waals surface area contributed by atoms with E-state index in [4.69, 9.17) is 20.8 Å². The second-order valence-corrected chi connectivity index (χ2v) is 8.97. The molecule has 5 rings (SSSR count). The van der Waals surface area contributed by atoms with Crippen molar-refractivity contribution in [3.05, 3.63) is 34.7 Å². The van der Waals surface area contributed by atoms with Crippen molar-refractivity contribution in [3.8, 4) is 5.75 Å². The normalized spacial score (nSPS) is 23.2. The maximum absolute atomic E-state index is 12.7. The Morgan fingerprint density at radius 2 is 2.07 bits per heavy atom. The van der Waals surface area contributed by atoms with Crippen molar-refractivity contribution in [2.24, 2.45) is 5.41 Å². The highest BCUT2D eigenvalue weighted by atomic mass is 35.5. The molecule has 1 saturated heterocycles. The Balaban J connectivity index is 1.19. The monoisotopic (exact) mass is 416 g/mol. The van der Waals surface area contributed by atoms with Gasteiger partial charge in [0.05, 0.1) is 0 Å². The first-order valence-corrected chi connectivity index (χ1v) is 10.7. The Bertz CT molecular complexity index is 916. The molecule has 1 aliphatic carbocycles. The zero-order valence-corrected chi connectivity index (χ0v) is 17.2. The molecule has 1 aromatic carbocycles. The number of anilines is 1. The van der Waals surface area contributed by atoms with Crippen LogP contribution in [0, 0.1) is 5.41 Å². The number of rotatable bonds is 4. The lowest BCUT2D eigenvalue weighted by atomic mass is 9.93. The van der Waals surface area contributed by atoms with Crippen LogP contribution >= 0.6 is 11.6 Å². The summed E-state index contributed by atoms with van der Waals surface area (Å²) in [6.07, 6.45) is 6.18. The zero-order valence-electron chi connectivity index (χ0n) is 16.5. The van der Waals surface area contributed by atoms with Crippen LogP contribution in [0.25, 0.3) is 0 Å². The first-order chi connectivity index (χ1) is 14.0. The van der Waals surface area contributed by atoms with E-state index in [1.807, 2.05) is 30.0 Å². The van der Waals surface area contributed by atoms with Gasteiger partial charge in [0.1, 0.15) is 11.8 Å². The maximum atomic E-state index is 12.7. The summed E-state index contributed by atoms with van der Waals surface area (Å²) in [6.45, 7) is 3.53. The Labute approximate surface area is 174 Å². The molecule has 1 N–H and O–H groups in total. The molecule has 7 nitrogen and oxygen atoms in total. The SMILES string of the molecule is CC(Nc1nnc(C2CCc3cc(Cl)ccc3O2)o1)C(=O)N1CCC2(CC1)CC2. The molecule has 3 heterocycles. The first kappa shape index (κ1) is 18.7. The van der Waals surface area contributed by atoms with E-state index in [1.54, 1.807) is 0 Å². The highest BCUT2D eigenvalue weighted by molar-refractivity contribution is 6.30. The van der Waals surface area contributed by atoms with Crippen LogP contribution in [-0.2, 0) is 11.2 Å². The van der Waals surface area contributed by atoms with Gasteiger partial charge in [0.15, 0.2) is 6.10 Å². The van der Waals surface area contributed by atoms with Crippen molar-refractivity contribution in [2.75, 3.05) is 18.4 Å². The lowest BCUT2D eigenvalue weighted by Crippen LogP contribution is -2.45. The number of carbonyl (C=O) groups is 1. The number of carbonyl (C=O) groups excluding carboxylic acids is 1. The third kappa shape index (κ3) is 3.80. The van der Waals surface area contributed by atoms with E-state index in [9.17, 15) is 4.79 Å². The fourth-order valence-corrected chi connectivity index (χ4v) is 4.55. The Morgan fingerprint density at radius 3 is 2.83 bits per heavy atom. The van der Waals surface area contributed by atoms with Gasteiger partial charge in [-0.15, -0.1) is 5.10 Å². The standard InChI is InChI=1S/C21H25ClN4O3/c1-13(19(27)26-10-8-21(6-7-21)9-11-26)23-20-25-24-18(29-20)17-4-2-14-12-15(22)3-5-16(14)28-17/h3,5,12-13,17H,2,4,6-11H2,1H3,(H,23,25). The minimum Gasteiger partial charge on any atom is -0.480 e. The van der Waals surface area contributed by atoms with E-state index < -0.39 is 6.04 Å². The molecule has 2 unspecified atom stereocenters. The number of halogens is 1. The van der Waals surface area contributed by atoms with Crippen LogP contribution in [0.1, 0.15) is 56.6 Å². The number of nitrogens with one attached hydrogen (secondary N) is 1. The van der Waals surface area contributed by atoms with Crippen molar-refractivity contribution >= 4 is 23.5 Å². The number of piperidine rings is 1. The molecular formula is C21H25ClN4O3. The second kappa shape index (κ2) is 7.20. The average Bonchev–Trinajstić information content (AvgIpc) is 3.31. The number of likely N-dealkylation sites (tertiary alicyclic amines) is 1. The van der Waals surface area contributed by atoms with Gasteiger partial charge in [0.2, 0.25) is 5.91 Å². The highest BCUT2D eigenvalue weighted by Gasteiger charge is 2.45. The minimum absolute atomic E-state index is 0.0833. The fraction of sp³-hybridized carbons (Fsp3) is 0.571. The predicted octanol–water partition coefficient (Wildman–Crippen LogP) is 3.99. The summed E-state index contributed by atoms with van der Waals surface area (Å²) in [5, 5.41) is 12.0. The highest BCUT2D eigenvalue weighted by Crippen LogP contribution is 2.53. The van der Waals surface area contributed by atoms with Crippen LogP contribution in [0.4, 0.5) is 6.01 Å². The summed E-state index contributed by atoms with van der Waals surface area (Å²) in [4.78, 5) is 14.7. The number of ether oxygens (including phenoxy) is 1. The number of hydrogen-bond donors (Lipinski definition) is 1. The summed E-state index contributed by atoms with van der Waals surface area (Å²) in [5.41, 5.74) is 1.64. The van der Waals surface area contributed by atoms with E-state index >= 15 is 0 Å². The van der Waals surface area contributed by atoms with Crippen molar-refractivity contribution in [1.29, 1.82) is 0 Å². The van der Waals surface area contributed by atoms with Crippen LogP contribution < -0.4 is 10.1 Å². The van der Waals surface area contributed by atoms with Gasteiger partial charge in [0, 0.05) is 18.1 Å². The third-order valence-electron chi connectivity index (χ3n) is 6.49. The molecule has 1 aromatic heterocycles. The minimum atomic E-state index is -0.410. The van der Waals surface area contributed by atoms with E-state index in [2.05, 4.69) is 15.5 Å². The Kier molecular flexibility index (Phi) is 4.65. The number of aromatic nitrogens is 2. The average molecular weight is 417 g/mol. The summed E-state index contributed by atoms with van der Waals surface area (Å²) in [7, 11) is 0. The molecule has 29 heavy (non-hydrogen) atoms. The molecule has 3 aliphatic rings. The van der Waals surface area contributed by atoms with Crippen LogP contribution in [0.15, 0.2) is 22.6 Å². The maximum Gasteiger partial charge on any atom is 0.316 e. The largest absolute Gasteiger partial charge is 0.480 e. The van der Waals surface area contributed by atoms with E-state index in [1.165, 1.54) is 12.8 Å². The second-order valence-electron chi connectivity index (χ2n) is 8.53. The smallest absolute Gasteiger partial charge is 0.316 e. The van der Waals surface area contributed by atoms with Gasteiger partial charge in [-0.2, -0.15) is 0 Å². The number of hydrogen-bond acceptors (Lipinski definition) is 6. The summed E-state index contributed by atoms with van der Waals surface area (Å²) >= 11 is 6.04. The van der Waals surface area contributed by atoms with Gasteiger partial charge >= 0.3 is 6.01 Å². The lowest BCUT2D eigenvalue weighted by molar-refractivity contribution is -0.133. The molecule has 2 atom stereocenters. The summed E-state index contributed by atoms with van der Waals surface area (Å²) in [5.74, 6) is 1.29. The number of aryl methyl sites for hydroxylation is 1. The lowest BCUT2D eigenvalue weighted by Gasteiger charge is -2.33.